The van der Waals surface area contributed by atoms with Gasteiger partial charge in [-0.25, -0.2) is 0 Å². The van der Waals surface area contributed by atoms with Crippen LogP contribution in [-0.4, -0.2) is 11.2 Å². The summed E-state index contributed by atoms with van der Waals surface area (Å²) in [5.74, 6) is 0.463. The van der Waals surface area contributed by atoms with Gasteiger partial charge >= 0.3 is 0 Å². The molecule has 3 heteroatoms. The van der Waals surface area contributed by atoms with Crippen molar-refractivity contribution in [2.24, 2.45) is 13.0 Å². The first-order valence-electron chi connectivity index (χ1n) is 10.7. The molecule has 0 bridgehead atoms. The maximum Gasteiger partial charge on any atom is 0.0895 e. The summed E-state index contributed by atoms with van der Waals surface area (Å²) in [6.45, 7) is 3.03. The van der Waals surface area contributed by atoms with Crippen molar-refractivity contribution in [1.82, 2.24) is 4.57 Å². The quantitative estimate of drug-likeness (QED) is 0.420. The van der Waals surface area contributed by atoms with Gasteiger partial charge in [-0.05, 0) is 49.6 Å². The van der Waals surface area contributed by atoms with Gasteiger partial charge in [0.1, 0.15) is 0 Å². The highest BCUT2D eigenvalue weighted by Crippen LogP contribution is 2.49. The summed E-state index contributed by atoms with van der Waals surface area (Å²) < 4.78 is 8.63. The predicted molar refractivity (Wildman–Crippen MR) is 119 cm³/mol. The number of ether oxygens (including phenoxy) is 1. The number of para-hydroxylation sites is 1. The minimum absolute atomic E-state index is 0.188. The fraction of sp³-hybridized carbons (Fsp3) is 0.308. The lowest BCUT2D eigenvalue weighted by Gasteiger charge is -2.43. The van der Waals surface area contributed by atoms with Gasteiger partial charge in [0.2, 0.25) is 0 Å². The Kier molecular flexibility index (Phi) is 3.75. The van der Waals surface area contributed by atoms with Gasteiger partial charge in [-0.2, -0.15) is 0 Å². The van der Waals surface area contributed by atoms with E-state index in [9.17, 15) is 0 Å². The highest BCUT2D eigenvalue weighted by molar-refractivity contribution is 6.08. The van der Waals surface area contributed by atoms with Crippen LogP contribution < -0.4 is 5.32 Å². The molecule has 3 heterocycles. The van der Waals surface area contributed by atoms with Gasteiger partial charge in [0.15, 0.2) is 0 Å². The number of fused-ring (bicyclic) bond motifs is 6. The second-order valence-corrected chi connectivity index (χ2v) is 8.66. The van der Waals surface area contributed by atoms with Gasteiger partial charge in [-0.3, -0.25) is 0 Å². The zero-order valence-corrected chi connectivity index (χ0v) is 17.0. The number of benzene rings is 3. The number of nitrogens with zero attached hydrogens (tertiary/aromatic N) is 1. The Labute approximate surface area is 171 Å². The highest BCUT2D eigenvalue weighted by Gasteiger charge is 2.39. The molecule has 0 aliphatic carbocycles. The van der Waals surface area contributed by atoms with E-state index >= 15 is 0 Å². The van der Waals surface area contributed by atoms with Gasteiger partial charge in [-0.15, -0.1) is 0 Å². The molecular formula is C26H26N2O. The number of hydrogen-bond acceptors (Lipinski definition) is 2. The molecule has 146 valence electrons. The van der Waals surface area contributed by atoms with E-state index in [0.29, 0.717) is 5.92 Å². The summed E-state index contributed by atoms with van der Waals surface area (Å²) in [6.07, 6.45) is 2.52. The first-order valence-corrected chi connectivity index (χ1v) is 10.7. The molecule has 2 aliphatic rings. The van der Waals surface area contributed by atoms with Gasteiger partial charge < -0.3 is 14.6 Å². The van der Waals surface area contributed by atoms with E-state index in [1.54, 1.807) is 0 Å². The van der Waals surface area contributed by atoms with Crippen molar-refractivity contribution < 1.29 is 4.74 Å². The Bertz CT molecular complexity index is 1240. The smallest absolute Gasteiger partial charge is 0.0895 e. The number of aromatic nitrogens is 1. The van der Waals surface area contributed by atoms with E-state index in [1.165, 1.54) is 50.6 Å². The van der Waals surface area contributed by atoms with Crippen LogP contribution in [0.25, 0.3) is 21.8 Å². The van der Waals surface area contributed by atoms with Crippen molar-refractivity contribution in [2.75, 3.05) is 11.9 Å². The summed E-state index contributed by atoms with van der Waals surface area (Å²) in [4.78, 5) is 0. The lowest BCUT2D eigenvalue weighted by Crippen LogP contribution is -2.36. The highest BCUT2D eigenvalue weighted by atomic mass is 16.5. The average Bonchev–Trinajstić information content (AvgIpc) is 3.05. The van der Waals surface area contributed by atoms with Crippen molar-refractivity contribution in [1.29, 1.82) is 0 Å². The molecule has 1 saturated heterocycles. The maximum atomic E-state index is 6.33. The third-order valence-electron chi connectivity index (χ3n) is 6.92. The molecule has 3 aromatic carbocycles. The second-order valence-electron chi connectivity index (χ2n) is 8.66. The lowest BCUT2D eigenvalue weighted by molar-refractivity contribution is -0.0381. The fourth-order valence-electron chi connectivity index (χ4n) is 5.50. The SMILES string of the molecule is Cc1ccc2c(c1)C1OCCCC1[C@@H](c1ccc3c(c1)c1ccccc1n3C)N2. The van der Waals surface area contributed by atoms with Crippen LogP contribution in [0.15, 0.2) is 60.7 Å². The molecule has 0 amide bonds. The molecule has 0 saturated carbocycles. The van der Waals surface area contributed by atoms with Crippen LogP contribution in [0.5, 0.6) is 0 Å². The van der Waals surface area contributed by atoms with E-state index in [-0.39, 0.29) is 12.1 Å². The summed E-state index contributed by atoms with van der Waals surface area (Å²) >= 11 is 0. The van der Waals surface area contributed by atoms with Crippen LogP contribution in [-0.2, 0) is 11.8 Å². The van der Waals surface area contributed by atoms with Gasteiger partial charge in [0, 0.05) is 52.6 Å². The van der Waals surface area contributed by atoms with Crippen LogP contribution in [0.1, 0.15) is 41.7 Å². The van der Waals surface area contributed by atoms with E-state index in [0.717, 1.165) is 13.0 Å². The van der Waals surface area contributed by atoms with Crippen molar-refractivity contribution in [2.45, 2.75) is 31.9 Å². The van der Waals surface area contributed by atoms with Crippen LogP contribution in [0.2, 0.25) is 0 Å². The number of anilines is 1. The van der Waals surface area contributed by atoms with Crippen LogP contribution >= 0.6 is 0 Å². The summed E-state index contributed by atoms with van der Waals surface area (Å²) in [5, 5.41) is 6.54. The number of hydrogen-bond donors (Lipinski definition) is 1. The lowest BCUT2D eigenvalue weighted by atomic mass is 9.77. The van der Waals surface area contributed by atoms with Crippen LogP contribution in [0.4, 0.5) is 5.69 Å². The third-order valence-corrected chi connectivity index (χ3v) is 6.92. The summed E-state index contributed by atoms with van der Waals surface area (Å²) in [6, 6.07) is 22.7. The van der Waals surface area contributed by atoms with Crippen molar-refractivity contribution in [3.05, 3.63) is 77.4 Å². The molecular weight excluding hydrogens is 356 g/mol. The maximum absolute atomic E-state index is 6.33. The minimum Gasteiger partial charge on any atom is -0.378 e. The largest absolute Gasteiger partial charge is 0.378 e. The molecule has 3 atom stereocenters. The molecule has 1 N–H and O–H groups in total. The van der Waals surface area contributed by atoms with Gasteiger partial charge in [0.05, 0.1) is 12.1 Å². The standard InChI is InChI=1S/C26H26N2O/c1-16-9-11-22-21(14-16)26-19(7-5-13-29-26)25(27-22)17-10-12-24-20(15-17)18-6-3-4-8-23(18)28(24)2/h3-4,6,8-12,14-15,19,25-27H,5,7,13H2,1-2H3/t19?,25-,26?/m1/s1. The van der Waals surface area contributed by atoms with E-state index in [2.05, 4.69) is 84.5 Å². The zero-order chi connectivity index (χ0) is 19.5. The Morgan fingerprint density at radius 1 is 0.966 bits per heavy atom. The number of rotatable bonds is 1. The normalized spacial score (nSPS) is 23.6. The molecule has 2 unspecified atom stereocenters. The topological polar surface area (TPSA) is 26.2 Å². The Morgan fingerprint density at radius 3 is 2.76 bits per heavy atom. The van der Waals surface area contributed by atoms with Crippen LogP contribution in [0.3, 0.4) is 0 Å². The second kappa shape index (κ2) is 6.36. The first-order chi connectivity index (χ1) is 14.2. The number of aryl methyl sites for hydroxylation is 2. The Morgan fingerprint density at radius 2 is 1.83 bits per heavy atom. The van der Waals surface area contributed by atoms with Gasteiger partial charge in [-0.1, -0.05) is 42.0 Å². The average molecular weight is 383 g/mol. The summed E-state index contributed by atoms with van der Waals surface area (Å²) in [5.41, 5.74) is 7.79. The zero-order valence-electron chi connectivity index (χ0n) is 17.0. The molecule has 4 aromatic rings. The minimum atomic E-state index is 0.188. The molecule has 6 rings (SSSR count). The van der Waals surface area contributed by atoms with E-state index in [1.807, 2.05) is 0 Å². The molecule has 1 aromatic heterocycles. The van der Waals surface area contributed by atoms with Crippen molar-refractivity contribution in [3.8, 4) is 0 Å². The van der Waals surface area contributed by atoms with Crippen molar-refractivity contribution >= 4 is 27.5 Å². The summed E-state index contributed by atoms with van der Waals surface area (Å²) in [7, 11) is 2.16. The molecule has 1 fully saturated rings. The molecule has 0 radical (unpaired) electrons. The Balaban J connectivity index is 1.51. The number of nitrogens with one attached hydrogen (secondary N) is 1. The molecule has 0 spiro atoms. The molecule has 29 heavy (non-hydrogen) atoms. The van der Waals surface area contributed by atoms with Crippen LogP contribution in [0, 0.1) is 12.8 Å². The predicted octanol–water partition coefficient (Wildman–Crippen LogP) is 6.27. The monoisotopic (exact) mass is 382 g/mol. The van der Waals surface area contributed by atoms with E-state index in [4.69, 9.17) is 4.74 Å². The first kappa shape index (κ1) is 17.1. The fourth-order valence-corrected chi connectivity index (χ4v) is 5.50. The van der Waals surface area contributed by atoms with Crippen molar-refractivity contribution in [3.63, 3.8) is 0 Å². The molecule has 3 nitrogen and oxygen atoms in total. The Hall–Kier alpha value is -2.78. The third kappa shape index (κ3) is 2.54. The van der Waals surface area contributed by atoms with Gasteiger partial charge in [0.25, 0.3) is 0 Å². The van der Waals surface area contributed by atoms with E-state index < -0.39 is 0 Å². The molecule has 2 aliphatic heterocycles.